The number of rotatable bonds is 4. The first-order valence-corrected chi connectivity index (χ1v) is 6.42. The van der Waals surface area contributed by atoms with Crippen LogP contribution in [0, 0.1) is 6.92 Å². The first-order chi connectivity index (χ1) is 8.72. The molecule has 0 spiro atoms. The molecule has 0 bridgehead atoms. The molecule has 0 N–H and O–H groups in total. The van der Waals surface area contributed by atoms with Gasteiger partial charge in [0.05, 0.1) is 12.0 Å². The summed E-state index contributed by atoms with van der Waals surface area (Å²) in [5.41, 5.74) is 1.89. The summed E-state index contributed by atoms with van der Waals surface area (Å²) in [5, 5.41) is 0. The molecule has 0 heterocycles. The molecule has 0 aliphatic heterocycles. The molecule has 0 aliphatic carbocycles. The van der Waals surface area contributed by atoms with E-state index in [0.717, 1.165) is 21.8 Å². The Morgan fingerprint density at radius 3 is 2.44 bits per heavy atom. The molecule has 2 aromatic carbocycles. The van der Waals surface area contributed by atoms with Crippen molar-refractivity contribution in [3.05, 3.63) is 53.6 Å². The average Bonchev–Trinajstić information content (AvgIpc) is 2.41. The maximum absolute atomic E-state index is 10.8. The molecule has 18 heavy (non-hydrogen) atoms. The van der Waals surface area contributed by atoms with Crippen LogP contribution < -0.4 is 4.74 Å². The summed E-state index contributed by atoms with van der Waals surface area (Å²) in [6.45, 7) is 2.06. The lowest BCUT2D eigenvalue weighted by molar-refractivity contribution is 0.112. The Bertz CT molecular complexity index is 547. The maximum Gasteiger partial charge on any atom is 0.150 e. The topological polar surface area (TPSA) is 26.3 Å². The van der Waals surface area contributed by atoms with Crippen LogP contribution in [0.4, 0.5) is 0 Å². The van der Waals surface area contributed by atoms with Gasteiger partial charge < -0.3 is 4.74 Å². The Hall–Kier alpha value is -1.74. The lowest BCUT2D eigenvalue weighted by atomic mass is 10.2. The molecule has 2 nitrogen and oxygen atoms in total. The minimum absolute atomic E-state index is 0.658. The van der Waals surface area contributed by atoms with Gasteiger partial charge in [-0.3, -0.25) is 4.79 Å². The summed E-state index contributed by atoms with van der Waals surface area (Å²) in [7, 11) is 1.63. The number of aryl methyl sites for hydroxylation is 1. The number of benzene rings is 2. The van der Waals surface area contributed by atoms with Crippen molar-refractivity contribution in [2.45, 2.75) is 16.7 Å². The third-order valence-electron chi connectivity index (χ3n) is 2.57. The average molecular weight is 258 g/mol. The van der Waals surface area contributed by atoms with Crippen molar-refractivity contribution in [3.63, 3.8) is 0 Å². The van der Waals surface area contributed by atoms with Crippen molar-refractivity contribution in [3.8, 4) is 5.75 Å². The van der Waals surface area contributed by atoms with Gasteiger partial charge in [0.1, 0.15) is 12.0 Å². The largest absolute Gasteiger partial charge is 0.496 e. The zero-order valence-electron chi connectivity index (χ0n) is 10.3. The highest BCUT2D eigenvalue weighted by Gasteiger charge is 2.06. The Morgan fingerprint density at radius 1 is 1.11 bits per heavy atom. The Labute approximate surface area is 111 Å². The fourth-order valence-corrected chi connectivity index (χ4v) is 2.55. The van der Waals surface area contributed by atoms with Crippen LogP contribution in [0.1, 0.15) is 15.9 Å². The minimum atomic E-state index is 0.658. The summed E-state index contributed by atoms with van der Waals surface area (Å²) in [6.07, 6.45) is 0.846. The normalized spacial score (nSPS) is 10.1. The standard InChI is InChI=1S/C15H14O2S/c1-11-3-6-13(7-4-11)18-15-9-12(10-16)5-8-14(15)17-2/h3-10H,1-2H3. The van der Waals surface area contributed by atoms with E-state index in [-0.39, 0.29) is 0 Å². The molecular weight excluding hydrogens is 244 g/mol. The fourth-order valence-electron chi connectivity index (χ4n) is 1.58. The van der Waals surface area contributed by atoms with Crippen LogP contribution in [0.15, 0.2) is 52.3 Å². The lowest BCUT2D eigenvalue weighted by Gasteiger charge is -2.08. The van der Waals surface area contributed by atoms with Gasteiger partial charge in [-0.2, -0.15) is 0 Å². The van der Waals surface area contributed by atoms with Crippen molar-refractivity contribution in [1.82, 2.24) is 0 Å². The van der Waals surface area contributed by atoms with Crippen LogP contribution in [-0.4, -0.2) is 13.4 Å². The summed E-state index contributed by atoms with van der Waals surface area (Å²) >= 11 is 1.59. The van der Waals surface area contributed by atoms with Gasteiger partial charge >= 0.3 is 0 Å². The van der Waals surface area contributed by atoms with Gasteiger partial charge in [-0.15, -0.1) is 0 Å². The molecule has 0 saturated carbocycles. The highest BCUT2D eigenvalue weighted by atomic mass is 32.2. The molecule has 0 aliphatic rings. The number of aldehydes is 1. The highest BCUT2D eigenvalue weighted by molar-refractivity contribution is 7.99. The second-order valence-corrected chi connectivity index (χ2v) is 5.06. The zero-order valence-corrected chi connectivity index (χ0v) is 11.2. The monoisotopic (exact) mass is 258 g/mol. The van der Waals surface area contributed by atoms with Crippen molar-refractivity contribution in [1.29, 1.82) is 0 Å². The van der Waals surface area contributed by atoms with Gasteiger partial charge in [-0.05, 0) is 37.3 Å². The van der Waals surface area contributed by atoms with Crippen molar-refractivity contribution < 1.29 is 9.53 Å². The lowest BCUT2D eigenvalue weighted by Crippen LogP contribution is -1.88. The minimum Gasteiger partial charge on any atom is -0.496 e. The van der Waals surface area contributed by atoms with E-state index in [2.05, 4.69) is 31.2 Å². The van der Waals surface area contributed by atoms with Crippen LogP contribution in [0.2, 0.25) is 0 Å². The van der Waals surface area contributed by atoms with E-state index in [0.29, 0.717) is 5.56 Å². The highest BCUT2D eigenvalue weighted by Crippen LogP contribution is 2.35. The van der Waals surface area contributed by atoms with E-state index in [1.165, 1.54) is 5.56 Å². The van der Waals surface area contributed by atoms with E-state index in [1.807, 2.05) is 12.1 Å². The predicted octanol–water partition coefficient (Wildman–Crippen LogP) is 3.97. The number of carbonyl (C=O) groups excluding carboxylic acids is 1. The van der Waals surface area contributed by atoms with Crippen LogP contribution in [-0.2, 0) is 0 Å². The summed E-state index contributed by atoms with van der Waals surface area (Å²) in [5.74, 6) is 0.783. The molecule has 0 amide bonds. The van der Waals surface area contributed by atoms with E-state index in [1.54, 1.807) is 24.9 Å². The maximum atomic E-state index is 10.8. The number of hydrogen-bond acceptors (Lipinski definition) is 3. The number of methoxy groups -OCH3 is 1. The van der Waals surface area contributed by atoms with Crippen LogP contribution in [0.3, 0.4) is 0 Å². The first-order valence-electron chi connectivity index (χ1n) is 5.60. The second-order valence-electron chi connectivity index (χ2n) is 3.94. The summed E-state index contributed by atoms with van der Waals surface area (Å²) < 4.78 is 5.30. The second kappa shape index (κ2) is 5.74. The molecule has 0 unspecified atom stereocenters. The van der Waals surface area contributed by atoms with Gasteiger partial charge in [0.25, 0.3) is 0 Å². The molecule has 0 aromatic heterocycles. The molecule has 0 fully saturated rings. The Morgan fingerprint density at radius 2 is 1.83 bits per heavy atom. The van der Waals surface area contributed by atoms with Crippen molar-refractivity contribution in [2.24, 2.45) is 0 Å². The molecule has 0 atom stereocenters. The Kier molecular flexibility index (Phi) is 4.05. The number of ether oxygens (including phenoxy) is 1. The Balaban J connectivity index is 2.31. The molecule has 3 heteroatoms. The quantitative estimate of drug-likeness (QED) is 0.776. The van der Waals surface area contributed by atoms with E-state index in [9.17, 15) is 4.79 Å². The first kappa shape index (κ1) is 12.7. The van der Waals surface area contributed by atoms with Crippen molar-refractivity contribution in [2.75, 3.05) is 7.11 Å². The fraction of sp³-hybridized carbons (Fsp3) is 0.133. The number of hydrogen-bond donors (Lipinski definition) is 0. The predicted molar refractivity (Wildman–Crippen MR) is 73.7 cm³/mol. The van der Waals surface area contributed by atoms with Crippen LogP contribution in [0.25, 0.3) is 0 Å². The molecule has 0 radical (unpaired) electrons. The molecular formula is C15H14O2S. The molecule has 92 valence electrons. The zero-order chi connectivity index (χ0) is 13.0. The van der Waals surface area contributed by atoms with E-state index < -0.39 is 0 Å². The van der Waals surface area contributed by atoms with Gasteiger partial charge in [-0.25, -0.2) is 0 Å². The summed E-state index contributed by atoms with van der Waals surface area (Å²) in [6, 6.07) is 13.7. The van der Waals surface area contributed by atoms with E-state index in [4.69, 9.17) is 4.74 Å². The molecule has 2 aromatic rings. The third-order valence-corrected chi connectivity index (χ3v) is 3.62. The van der Waals surface area contributed by atoms with Gasteiger partial charge in [0.15, 0.2) is 0 Å². The van der Waals surface area contributed by atoms with Crippen molar-refractivity contribution >= 4 is 18.0 Å². The van der Waals surface area contributed by atoms with Crippen LogP contribution in [0.5, 0.6) is 5.75 Å². The van der Waals surface area contributed by atoms with Crippen LogP contribution >= 0.6 is 11.8 Å². The SMILES string of the molecule is COc1ccc(C=O)cc1Sc1ccc(C)cc1. The summed E-state index contributed by atoms with van der Waals surface area (Å²) in [4.78, 5) is 12.9. The van der Waals surface area contributed by atoms with Gasteiger partial charge in [0.2, 0.25) is 0 Å². The van der Waals surface area contributed by atoms with Gasteiger partial charge in [0, 0.05) is 10.5 Å². The molecule has 0 saturated heterocycles. The number of carbonyl (C=O) groups is 1. The van der Waals surface area contributed by atoms with E-state index >= 15 is 0 Å². The van der Waals surface area contributed by atoms with Gasteiger partial charge in [-0.1, -0.05) is 29.5 Å². The third kappa shape index (κ3) is 2.93. The smallest absolute Gasteiger partial charge is 0.150 e. The molecule has 2 rings (SSSR count).